The maximum absolute atomic E-state index is 10.8. The Morgan fingerprint density at radius 1 is 1.44 bits per heavy atom. The van der Waals surface area contributed by atoms with Crippen LogP contribution >= 0.6 is 0 Å². The van der Waals surface area contributed by atoms with Crippen molar-refractivity contribution < 1.29 is 25.2 Å². The molecule has 4 atom stereocenters. The summed E-state index contributed by atoms with van der Waals surface area (Å²) in [5.41, 5.74) is 0. The third-order valence-electron chi connectivity index (χ3n) is 1.92. The summed E-state index contributed by atoms with van der Waals surface area (Å²) in [4.78, 5) is 10.8. The minimum absolute atomic E-state index is 0.463. The summed E-state index contributed by atoms with van der Waals surface area (Å²) in [6.45, 7) is 0.490. The highest BCUT2D eigenvalue weighted by atomic mass is 16.4. The van der Waals surface area contributed by atoms with Crippen LogP contribution in [-0.2, 0) is 4.79 Å². The van der Waals surface area contributed by atoms with Gasteiger partial charge in [-0.15, -0.1) is 0 Å². The molecule has 16 heavy (non-hydrogen) atoms. The molecule has 0 aliphatic rings. The summed E-state index contributed by atoms with van der Waals surface area (Å²) in [5, 5.41) is 42.0. The molecule has 1 amide bonds. The van der Waals surface area contributed by atoms with Gasteiger partial charge in [0.15, 0.2) is 0 Å². The Kier molecular flexibility index (Phi) is 6.58. The summed E-state index contributed by atoms with van der Waals surface area (Å²) < 4.78 is 0. The molecular weight excluding hydrogens is 218 g/mol. The Morgan fingerprint density at radius 2 is 2.00 bits per heavy atom. The number of hydrazone groups is 1. The van der Waals surface area contributed by atoms with E-state index >= 15 is 0 Å². The van der Waals surface area contributed by atoms with Crippen LogP contribution in [0.1, 0.15) is 6.92 Å². The summed E-state index contributed by atoms with van der Waals surface area (Å²) in [6.07, 6.45) is -3.66. The average molecular weight is 235 g/mol. The van der Waals surface area contributed by atoms with Crippen LogP contribution < -0.4 is 11.2 Å². The Hall–Kier alpha value is -1.22. The summed E-state index contributed by atoms with van der Waals surface area (Å²) >= 11 is 0. The highest BCUT2D eigenvalue weighted by Crippen LogP contribution is 2.04. The Balaban J connectivity index is 4.59. The van der Waals surface area contributed by atoms with Crippen molar-refractivity contribution in [2.24, 2.45) is 10.9 Å². The lowest BCUT2D eigenvalue weighted by Crippen LogP contribution is -2.53. The summed E-state index contributed by atoms with van der Waals surface area (Å²) in [6, 6.07) is -1.04. The highest BCUT2D eigenvalue weighted by molar-refractivity contribution is 5.78. The number of aliphatic hydroxyl groups excluding tert-OH is 4. The smallest absolute Gasteiger partial charge is 0.217 e. The van der Waals surface area contributed by atoms with Gasteiger partial charge in [0, 0.05) is 13.1 Å². The molecule has 94 valence electrons. The zero-order chi connectivity index (χ0) is 12.7. The van der Waals surface area contributed by atoms with E-state index in [-0.39, 0.29) is 0 Å². The van der Waals surface area contributed by atoms with Gasteiger partial charge in [-0.3, -0.25) is 4.79 Å². The number of nitrogens with zero attached hydrogens (tertiary/aromatic N) is 1. The van der Waals surface area contributed by atoms with Crippen LogP contribution in [0.2, 0.25) is 0 Å². The fourth-order valence-electron chi connectivity index (χ4n) is 1.09. The van der Waals surface area contributed by atoms with Crippen molar-refractivity contribution in [3.63, 3.8) is 0 Å². The van der Waals surface area contributed by atoms with Gasteiger partial charge in [-0.05, 0) is 0 Å². The van der Waals surface area contributed by atoms with Crippen LogP contribution in [0.3, 0.4) is 0 Å². The van der Waals surface area contributed by atoms with Gasteiger partial charge in [0.05, 0.1) is 12.6 Å². The lowest BCUT2D eigenvalue weighted by molar-refractivity contribution is -0.121. The number of aliphatic hydroxyl groups is 4. The molecule has 7 N–H and O–H groups in total. The molecular formula is C8H17N3O5. The Labute approximate surface area is 92.4 Å². The first-order valence-corrected chi connectivity index (χ1v) is 4.59. The maximum atomic E-state index is 10.8. The number of nitrogens with one attached hydrogen (secondary N) is 1. The molecule has 0 aromatic heterocycles. The molecule has 0 bridgehead atoms. The van der Waals surface area contributed by atoms with E-state index in [0.29, 0.717) is 0 Å². The van der Waals surface area contributed by atoms with Gasteiger partial charge in [-0.25, -0.2) is 0 Å². The zero-order valence-electron chi connectivity index (χ0n) is 8.82. The number of carbonyl (C=O) groups excluding carboxylic acids is 1. The molecule has 0 spiro atoms. The van der Waals surface area contributed by atoms with E-state index < -0.39 is 36.9 Å². The van der Waals surface area contributed by atoms with Crippen molar-refractivity contribution in [2.75, 3.05) is 6.61 Å². The number of hydrogen-bond acceptors (Lipinski definition) is 7. The van der Waals surface area contributed by atoms with E-state index in [0.717, 1.165) is 6.21 Å². The highest BCUT2D eigenvalue weighted by Gasteiger charge is 2.30. The normalized spacial score (nSPS) is 19.1. The van der Waals surface area contributed by atoms with Crippen molar-refractivity contribution in [2.45, 2.75) is 31.3 Å². The quantitative estimate of drug-likeness (QED) is 0.160. The molecule has 0 heterocycles. The molecule has 0 saturated carbocycles. The molecule has 0 aromatic rings. The van der Waals surface area contributed by atoms with Gasteiger partial charge >= 0.3 is 0 Å². The largest absolute Gasteiger partial charge is 0.394 e. The monoisotopic (exact) mass is 235 g/mol. The first-order chi connectivity index (χ1) is 7.43. The van der Waals surface area contributed by atoms with E-state index in [1.165, 1.54) is 6.92 Å². The minimum Gasteiger partial charge on any atom is -0.394 e. The average Bonchev–Trinajstić information content (AvgIpc) is 2.24. The number of carbonyl (C=O) groups is 1. The second-order valence-electron chi connectivity index (χ2n) is 3.26. The Morgan fingerprint density at radius 3 is 2.38 bits per heavy atom. The second-order valence-corrected chi connectivity index (χ2v) is 3.26. The lowest BCUT2D eigenvalue weighted by Gasteiger charge is -2.26. The third-order valence-corrected chi connectivity index (χ3v) is 1.92. The van der Waals surface area contributed by atoms with Gasteiger partial charge in [-0.1, -0.05) is 0 Å². The van der Waals surface area contributed by atoms with E-state index in [2.05, 4.69) is 10.4 Å². The molecule has 0 saturated heterocycles. The lowest BCUT2D eigenvalue weighted by atomic mass is 10.0. The zero-order valence-corrected chi connectivity index (χ0v) is 8.82. The minimum atomic E-state index is -1.63. The predicted molar refractivity (Wildman–Crippen MR) is 55.4 cm³/mol. The molecule has 8 nitrogen and oxygen atoms in total. The topological polar surface area (TPSA) is 148 Å². The fourth-order valence-corrected chi connectivity index (χ4v) is 1.09. The van der Waals surface area contributed by atoms with Crippen molar-refractivity contribution in [1.29, 1.82) is 0 Å². The number of nitrogens with two attached hydrogens (primary N) is 1. The summed E-state index contributed by atoms with van der Waals surface area (Å²) in [7, 11) is 0. The van der Waals surface area contributed by atoms with Gasteiger partial charge in [0.2, 0.25) is 5.91 Å². The number of hydrogen-bond donors (Lipinski definition) is 6. The fraction of sp³-hybridized carbons (Fsp3) is 0.750. The van der Waals surface area contributed by atoms with Crippen LogP contribution in [-0.4, -0.2) is 63.5 Å². The van der Waals surface area contributed by atoms with Crippen molar-refractivity contribution in [1.82, 2.24) is 5.32 Å². The SMILES string of the molecule is CC(=O)N[C@@H](C=NN)[C@@H](O)[C@@H](O)[C@H](O)CO. The maximum Gasteiger partial charge on any atom is 0.217 e. The predicted octanol–water partition coefficient (Wildman–Crippen LogP) is -3.49. The second kappa shape index (κ2) is 7.12. The molecule has 0 radical (unpaired) electrons. The van der Waals surface area contributed by atoms with Crippen LogP contribution in [0.25, 0.3) is 0 Å². The van der Waals surface area contributed by atoms with E-state index in [1.54, 1.807) is 0 Å². The summed E-state index contributed by atoms with van der Waals surface area (Å²) in [5.74, 6) is 4.40. The van der Waals surface area contributed by atoms with E-state index in [1.807, 2.05) is 0 Å². The number of amides is 1. The van der Waals surface area contributed by atoms with Gasteiger partial charge < -0.3 is 31.6 Å². The van der Waals surface area contributed by atoms with E-state index in [9.17, 15) is 15.0 Å². The standard InChI is InChI=1S/C8H17N3O5/c1-4(13)11-5(2-10-9)7(15)8(16)6(14)3-12/h2,5-8,12,14-16H,3,9H2,1H3,(H,11,13)/t5-,6+,7+,8-/m0/s1. The molecule has 0 aromatic carbocycles. The molecule has 0 aliphatic carbocycles. The van der Waals surface area contributed by atoms with Gasteiger partial charge in [0.25, 0.3) is 0 Å². The van der Waals surface area contributed by atoms with Crippen molar-refractivity contribution >= 4 is 12.1 Å². The molecule has 0 unspecified atom stereocenters. The Bertz CT molecular complexity index is 248. The van der Waals surface area contributed by atoms with Gasteiger partial charge in [0.1, 0.15) is 18.3 Å². The number of rotatable bonds is 6. The van der Waals surface area contributed by atoms with Crippen molar-refractivity contribution in [3.8, 4) is 0 Å². The first-order valence-electron chi connectivity index (χ1n) is 4.59. The van der Waals surface area contributed by atoms with Gasteiger partial charge in [-0.2, -0.15) is 5.10 Å². The van der Waals surface area contributed by atoms with Crippen LogP contribution in [0.15, 0.2) is 5.10 Å². The first kappa shape index (κ1) is 14.8. The molecule has 0 aliphatic heterocycles. The van der Waals surface area contributed by atoms with Crippen LogP contribution in [0.4, 0.5) is 0 Å². The third kappa shape index (κ3) is 4.53. The van der Waals surface area contributed by atoms with Crippen LogP contribution in [0, 0.1) is 0 Å². The van der Waals surface area contributed by atoms with E-state index in [4.69, 9.17) is 16.1 Å². The van der Waals surface area contributed by atoms with Crippen molar-refractivity contribution in [3.05, 3.63) is 0 Å². The molecule has 0 rings (SSSR count). The molecule has 0 fully saturated rings. The molecule has 8 heteroatoms. The van der Waals surface area contributed by atoms with Crippen LogP contribution in [0.5, 0.6) is 0 Å².